The third kappa shape index (κ3) is 9.46. The van der Waals surface area contributed by atoms with E-state index in [-0.39, 0.29) is 50.6 Å². The normalized spacial score (nSPS) is 16.7. The average molecular weight is 688 g/mol. The highest BCUT2D eigenvalue weighted by Crippen LogP contribution is 2.31. The topological polar surface area (TPSA) is 112 Å². The fourth-order valence-corrected chi connectivity index (χ4v) is 6.62. The largest absolute Gasteiger partial charge is 0.471 e. The molecule has 3 aromatic carbocycles. The van der Waals surface area contributed by atoms with E-state index in [4.69, 9.17) is 0 Å². The lowest BCUT2D eigenvalue weighted by atomic mass is 9.89. The van der Waals surface area contributed by atoms with Crippen LogP contribution in [0.4, 0.5) is 13.2 Å². The maximum atomic E-state index is 14.4. The Kier molecular flexibility index (Phi) is 12.2. The van der Waals surface area contributed by atoms with Gasteiger partial charge in [0.25, 0.3) is 0 Å². The number of rotatable bonds is 14. The number of hydrogen-bond acceptors (Lipinski definition) is 5. The van der Waals surface area contributed by atoms with Crippen molar-refractivity contribution in [3.63, 3.8) is 0 Å². The molecule has 0 saturated carbocycles. The first-order valence-electron chi connectivity index (χ1n) is 16.7. The quantitative estimate of drug-likeness (QED) is 0.144. The number of likely N-dealkylation sites (tertiary alicyclic amines) is 1. The number of carbonyl (C=O) groups is 4. The van der Waals surface area contributed by atoms with E-state index in [2.05, 4.69) is 15.6 Å². The fraction of sp³-hybridized carbons (Fsp3) is 0.342. The Morgan fingerprint density at radius 3 is 2.32 bits per heavy atom. The van der Waals surface area contributed by atoms with Crippen LogP contribution < -0.4 is 10.6 Å². The molecule has 4 aromatic rings. The van der Waals surface area contributed by atoms with Gasteiger partial charge in [0.1, 0.15) is 6.04 Å². The van der Waals surface area contributed by atoms with Gasteiger partial charge in [-0.3, -0.25) is 24.2 Å². The molecule has 1 aliphatic rings. The lowest BCUT2D eigenvalue weighted by molar-refractivity contribution is -0.190. The van der Waals surface area contributed by atoms with Crippen LogP contribution in [0.25, 0.3) is 10.9 Å². The van der Waals surface area contributed by atoms with Gasteiger partial charge in [-0.25, -0.2) is 0 Å². The molecule has 1 aromatic heterocycles. The third-order valence-corrected chi connectivity index (χ3v) is 9.03. The number of benzene rings is 3. The molecule has 2 N–H and O–H groups in total. The maximum absolute atomic E-state index is 14.4. The molecule has 50 heavy (non-hydrogen) atoms. The van der Waals surface area contributed by atoms with Crippen molar-refractivity contribution in [2.45, 2.75) is 69.4 Å². The second-order valence-electron chi connectivity index (χ2n) is 12.5. The number of nitrogens with one attached hydrogen (secondary N) is 2. The first-order chi connectivity index (χ1) is 24.1. The van der Waals surface area contributed by atoms with E-state index in [1.807, 2.05) is 60.7 Å². The molecule has 0 radical (unpaired) electrons. The minimum Gasteiger partial charge on any atom is -0.359 e. The number of halogens is 3. The van der Waals surface area contributed by atoms with Gasteiger partial charge in [-0.15, -0.1) is 0 Å². The van der Waals surface area contributed by atoms with Crippen LogP contribution >= 0.6 is 0 Å². The van der Waals surface area contributed by atoms with Gasteiger partial charge in [0, 0.05) is 56.1 Å². The summed E-state index contributed by atoms with van der Waals surface area (Å²) in [5, 5.41) is 6.05. The molecular weight excluding hydrogens is 647 g/mol. The first-order valence-corrected chi connectivity index (χ1v) is 16.7. The number of para-hydroxylation sites is 1. The first kappa shape index (κ1) is 36.0. The van der Waals surface area contributed by atoms with E-state index in [0.29, 0.717) is 42.3 Å². The molecule has 4 amide bonds. The number of nitrogens with zero attached hydrogens (tertiary/aromatic N) is 3. The van der Waals surface area contributed by atoms with Crippen molar-refractivity contribution >= 4 is 35.0 Å². The number of aromatic nitrogens is 1. The zero-order chi connectivity index (χ0) is 35.5. The highest BCUT2D eigenvalue weighted by molar-refractivity contribution is 5.88. The number of alkyl halides is 3. The summed E-state index contributed by atoms with van der Waals surface area (Å²) in [6, 6.07) is 25.0. The van der Waals surface area contributed by atoms with Gasteiger partial charge < -0.3 is 20.4 Å². The van der Waals surface area contributed by atoms with E-state index in [0.717, 1.165) is 16.0 Å². The number of amides is 4. The van der Waals surface area contributed by atoms with E-state index in [9.17, 15) is 32.3 Å². The lowest BCUT2D eigenvalue weighted by Gasteiger charge is -2.45. The van der Waals surface area contributed by atoms with Crippen LogP contribution in [0.2, 0.25) is 0 Å². The third-order valence-electron chi connectivity index (χ3n) is 9.03. The Morgan fingerprint density at radius 1 is 0.940 bits per heavy atom. The van der Waals surface area contributed by atoms with E-state index in [1.54, 1.807) is 35.2 Å². The van der Waals surface area contributed by atoms with Gasteiger partial charge in [0.15, 0.2) is 0 Å². The Labute approximate surface area is 288 Å². The zero-order valence-corrected chi connectivity index (χ0v) is 27.5. The van der Waals surface area contributed by atoms with Crippen molar-refractivity contribution in [3.05, 3.63) is 114 Å². The predicted molar refractivity (Wildman–Crippen MR) is 182 cm³/mol. The van der Waals surface area contributed by atoms with Gasteiger partial charge in [0.2, 0.25) is 18.2 Å². The molecular formula is C38H40F3N5O4. The van der Waals surface area contributed by atoms with E-state index in [1.165, 1.54) is 6.20 Å². The Hall–Kier alpha value is -5.26. The summed E-state index contributed by atoms with van der Waals surface area (Å²) in [5.41, 5.74) is 2.87. The highest BCUT2D eigenvalue weighted by Gasteiger charge is 2.47. The van der Waals surface area contributed by atoms with Gasteiger partial charge >= 0.3 is 12.1 Å². The minimum absolute atomic E-state index is 0.0874. The van der Waals surface area contributed by atoms with Gasteiger partial charge in [-0.1, -0.05) is 78.9 Å². The predicted octanol–water partition coefficient (Wildman–Crippen LogP) is 4.98. The number of carbonyl (C=O) groups excluding carboxylic acids is 4. The van der Waals surface area contributed by atoms with Gasteiger partial charge in [-0.05, 0) is 54.5 Å². The van der Waals surface area contributed by atoms with Crippen LogP contribution in [-0.2, 0) is 38.6 Å². The molecule has 1 saturated heterocycles. The molecule has 9 nitrogen and oxygen atoms in total. The van der Waals surface area contributed by atoms with Crippen molar-refractivity contribution in [2.24, 2.45) is 0 Å². The Bertz CT molecular complexity index is 1750. The average Bonchev–Trinajstić information content (AvgIpc) is 3.12. The molecule has 0 aliphatic carbocycles. The molecule has 2 heterocycles. The van der Waals surface area contributed by atoms with Gasteiger partial charge in [-0.2, -0.15) is 13.2 Å². The summed E-state index contributed by atoms with van der Waals surface area (Å²) < 4.78 is 42.5. The van der Waals surface area contributed by atoms with E-state index >= 15 is 0 Å². The molecule has 0 unspecified atom stereocenters. The number of hydrogen-bond donors (Lipinski definition) is 2. The van der Waals surface area contributed by atoms with Crippen molar-refractivity contribution in [3.8, 4) is 0 Å². The molecule has 0 bridgehead atoms. The fourth-order valence-electron chi connectivity index (χ4n) is 6.62. The molecule has 262 valence electrons. The molecule has 3 atom stereocenters. The van der Waals surface area contributed by atoms with E-state index < -0.39 is 30.2 Å². The lowest BCUT2D eigenvalue weighted by Crippen LogP contribution is -2.59. The van der Waals surface area contributed by atoms with Crippen LogP contribution in [0, 0.1) is 0 Å². The second-order valence-corrected chi connectivity index (χ2v) is 12.5. The SMILES string of the molecule is O=CNCCCC(=O)N[C@@H](Cc1ccccc1)C(=O)N1CC[C@H](N(Cc2ccnc3ccccc23)C(=O)C(F)(F)F)C[C@H]1Cc1ccccc1. The summed E-state index contributed by atoms with van der Waals surface area (Å²) in [5.74, 6) is -2.63. The molecule has 5 rings (SSSR count). The van der Waals surface area contributed by atoms with Crippen LogP contribution in [-0.4, -0.2) is 76.3 Å². The Morgan fingerprint density at radius 2 is 1.62 bits per heavy atom. The molecule has 0 spiro atoms. The second kappa shape index (κ2) is 16.9. The summed E-state index contributed by atoms with van der Waals surface area (Å²) in [6.07, 6.45) is -1.77. The molecule has 1 aliphatic heterocycles. The van der Waals surface area contributed by atoms with Crippen LogP contribution in [0.15, 0.2) is 97.2 Å². The van der Waals surface area contributed by atoms with Crippen LogP contribution in [0.5, 0.6) is 0 Å². The standard InChI is InChI=1S/C38H40F3N5O4/c39-38(40,41)37(50)46(25-29-17-20-43-33-15-8-7-14-32(29)33)30-18-21-45(31(24-30)22-27-10-3-1-4-11-27)36(49)34(23-28-12-5-2-6-13-28)44-35(48)16-9-19-42-26-47/h1-8,10-15,17,20,26,30-31,34H,9,16,18-19,21-25H2,(H,42,47)(H,44,48)/t30-,31+,34-/m0/s1. The Balaban J connectivity index is 1.44. The molecule has 12 heteroatoms. The summed E-state index contributed by atoms with van der Waals surface area (Å²) in [4.78, 5) is 58.0. The van der Waals surface area contributed by atoms with Crippen LogP contribution in [0.1, 0.15) is 42.4 Å². The maximum Gasteiger partial charge on any atom is 0.471 e. The monoisotopic (exact) mass is 687 g/mol. The van der Waals surface area contributed by atoms with Crippen molar-refractivity contribution < 1.29 is 32.3 Å². The zero-order valence-electron chi connectivity index (χ0n) is 27.5. The minimum atomic E-state index is -5.10. The van der Waals surface area contributed by atoms with Crippen molar-refractivity contribution in [2.75, 3.05) is 13.1 Å². The van der Waals surface area contributed by atoms with Crippen molar-refractivity contribution in [1.82, 2.24) is 25.4 Å². The van der Waals surface area contributed by atoms with Crippen molar-refractivity contribution in [1.29, 1.82) is 0 Å². The summed E-state index contributed by atoms with van der Waals surface area (Å²) in [6.45, 7) is 0.122. The number of fused-ring (bicyclic) bond motifs is 1. The number of pyridine rings is 1. The number of piperidine rings is 1. The summed E-state index contributed by atoms with van der Waals surface area (Å²) >= 11 is 0. The van der Waals surface area contributed by atoms with Gasteiger partial charge in [0.05, 0.1) is 5.52 Å². The summed E-state index contributed by atoms with van der Waals surface area (Å²) in [7, 11) is 0. The smallest absolute Gasteiger partial charge is 0.359 e. The highest BCUT2D eigenvalue weighted by atomic mass is 19.4. The van der Waals surface area contributed by atoms with Crippen LogP contribution in [0.3, 0.4) is 0 Å². The molecule has 1 fully saturated rings.